The Morgan fingerprint density at radius 3 is 1.79 bits per heavy atom. The summed E-state index contributed by atoms with van der Waals surface area (Å²) >= 11 is 1.91. The van der Waals surface area contributed by atoms with Crippen molar-refractivity contribution in [2.75, 3.05) is 5.75 Å². The maximum absolute atomic E-state index is 15.1. The van der Waals surface area contributed by atoms with Crippen molar-refractivity contribution in [2.24, 2.45) is 0 Å². The molecule has 0 radical (unpaired) electrons. The van der Waals surface area contributed by atoms with Gasteiger partial charge in [0.25, 0.3) is 0 Å². The lowest BCUT2D eigenvalue weighted by Crippen LogP contribution is -2.24. The fourth-order valence-corrected chi connectivity index (χ4v) is 8.90. The van der Waals surface area contributed by atoms with Crippen LogP contribution in [0.2, 0.25) is 0 Å². The second kappa shape index (κ2) is 10.7. The first-order valence-electron chi connectivity index (χ1n) is 13.2. The van der Waals surface area contributed by atoms with E-state index in [1.807, 2.05) is 78.5 Å². The van der Waals surface area contributed by atoms with Gasteiger partial charge in [-0.05, 0) is 60.7 Å². The molecule has 0 bridgehead atoms. The van der Waals surface area contributed by atoms with Crippen LogP contribution in [-0.2, 0) is 4.57 Å². The Morgan fingerprint density at radius 1 is 0.632 bits per heavy atom. The van der Waals surface area contributed by atoms with E-state index in [0.717, 1.165) is 43.8 Å². The van der Waals surface area contributed by atoms with Crippen LogP contribution in [0.4, 0.5) is 0 Å². The van der Waals surface area contributed by atoms with Crippen LogP contribution < -0.4 is 15.9 Å². The summed E-state index contributed by atoms with van der Waals surface area (Å²) < 4.78 is 17.4. The Hall–Kier alpha value is -3.52. The number of aromatic nitrogens is 1. The van der Waals surface area contributed by atoms with E-state index in [0.29, 0.717) is 0 Å². The number of hydrogen-bond acceptors (Lipinski definition) is 2. The quantitative estimate of drug-likeness (QED) is 0.112. The number of thioether (sulfide) groups is 1. The molecule has 5 aromatic carbocycles. The van der Waals surface area contributed by atoms with Gasteiger partial charge in [-0.2, -0.15) is 0 Å². The van der Waals surface area contributed by atoms with Gasteiger partial charge < -0.3 is 9.13 Å². The average molecular weight is 532 g/mol. The van der Waals surface area contributed by atoms with Crippen molar-refractivity contribution in [1.82, 2.24) is 4.57 Å². The average Bonchev–Trinajstić information content (AvgIpc) is 3.31. The van der Waals surface area contributed by atoms with Gasteiger partial charge in [-0.1, -0.05) is 92.2 Å². The van der Waals surface area contributed by atoms with Gasteiger partial charge in [0, 0.05) is 37.3 Å². The molecule has 0 aliphatic heterocycles. The molecule has 188 valence electrons. The molecule has 1 heterocycles. The number of nitrogens with zero attached hydrogens (tertiary/aromatic N) is 1. The summed E-state index contributed by atoms with van der Waals surface area (Å²) in [6.45, 7) is 2.23. The predicted octanol–water partition coefficient (Wildman–Crippen LogP) is 8.32. The largest absolute Gasteiger partial charge is 0.309 e. The molecular weight excluding hydrogens is 501 g/mol. The lowest BCUT2D eigenvalue weighted by atomic mass is 10.1. The molecule has 0 unspecified atom stereocenters. The van der Waals surface area contributed by atoms with E-state index >= 15 is 4.57 Å². The standard InChI is InChI=1S/C34H30NOPS/c1-2-3-23-38-30-20-22-34-32(25-30)31-24-29(19-21-33(31)35(34)26-13-7-4-8-14-26)37(36,27-15-9-5-10-16-27)28-17-11-6-12-18-28/h4-22,24-25H,2-3,23H2,1H3. The van der Waals surface area contributed by atoms with Crippen molar-refractivity contribution < 1.29 is 4.57 Å². The zero-order valence-corrected chi connectivity index (χ0v) is 23.2. The van der Waals surface area contributed by atoms with Crippen molar-refractivity contribution in [2.45, 2.75) is 24.7 Å². The second-order valence-corrected chi connectivity index (χ2v) is 13.5. The van der Waals surface area contributed by atoms with Crippen molar-refractivity contribution in [3.63, 3.8) is 0 Å². The Kier molecular flexibility index (Phi) is 6.98. The van der Waals surface area contributed by atoms with Crippen LogP contribution in [0.5, 0.6) is 0 Å². The topological polar surface area (TPSA) is 22.0 Å². The monoisotopic (exact) mass is 531 g/mol. The Bertz CT molecular complexity index is 1700. The Labute approximate surface area is 228 Å². The molecule has 0 aliphatic carbocycles. The van der Waals surface area contributed by atoms with Crippen LogP contribution in [0.25, 0.3) is 27.5 Å². The van der Waals surface area contributed by atoms with E-state index < -0.39 is 7.14 Å². The predicted molar refractivity (Wildman–Crippen MR) is 166 cm³/mol. The molecular formula is C34H30NOPS. The molecule has 6 aromatic rings. The first-order valence-corrected chi connectivity index (χ1v) is 15.9. The first-order chi connectivity index (χ1) is 18.7. The summed E-state index contributed by atoms with van der Waals surface area (Å²) in [5, 5.41) is 4.89. The summed E-state index contributed by atoms with van der Waals surface area (Å²) in [5.41, 5.74) is 3.41. The summed E-state index contributed by atoms with van der Waals surface area (Å²) in [4.78, 5) is 1.28. The van der Waals surface area contributed by atoms with Crippen molar-refractivity contribution >= 4 is 56.6 Å². The van der Waals surface area contributed by atoms with Crippen molar-refractivity contribution in [3.05, 3.63) is 127 Å². The summed E-state index contributed by atoms with van der Waals surface area (Å²) in [7, 11) is -3.07. The fourth-order valence-electron chi connectivity index (χ4n) is 5.19. The normalized spacial score (nSPS) is 11.8. The van der Waals surface area contributed by atoms with E-state index in [1.54, 1.807) is 0 Å². The lowest BCUT2D eigenvalue weighted by molar-refractivity contribution is 0.592. The minimum atomic E-state index is -3.07. The zero-order valence-electron chi connectivity index (χ0n) is 21.5. The molecule has 38 heavy (non-hydrogen) atoms. The van der Waals surface area contributed by atoms with Gasteiger partial charge in [-0.25, -0.2) is 0 Å². The third-order valence-corrected chi connectivity index (χ3v) is 11.2. The molecule has 0 fully saturated rings. The highest BCUT2D eigenvalue weighted by Gasteiger charge is 2.30. The Balaban J connectivity index is 1.62. The zero-order chi connectivity index (χ0) is 26.0. The molecule has 1 aromatic heterocycles. The molecule has 0 spiro atoms. The maximum atomic E-state index is 15.1. The van der Waals surface area contributed by atoms with Crippen LogP contribution >= 0.6 is 18.9 Å². The van der Waals surface area contributed by atoms with E-state index in [1.165, 1.54) is 23.1 Å². The van der Waals surface area contributed by atoms with Crippen molar-refractivity contribution in [1.29, 1.82) is 0 Å². The number of para-hydroxylation sites is 1. The third kappa shape index (κ3) is 4.41. The highest BCUT2D eigenvalue weighted by atomic mass is 32.2. The van der Waals surface area contributed by atoms with Gasteiger partial charge in [-0.15, -0.1) is 11.8 Å². The number of rotatable bonds is 8. The van der Waals surface area contributed by atoms with E-state index in [9.17, 15) is 0 Å². The minimum absolute atomic E-state index is 0.855. The van der Waals surface area contributed by atoms with E-state index in [-0.39, 0.29) is 0 Å². The summed E-state index contributed by atoms with van der Waals surface area (Å²) in [6, 6.07) is 43.5. The van der Waals surface area contributed by atoms with Gasteiger partial charge in [0.05, 0.1) is 11.0 Å². The maximum Gasteiger partial charge on any atom is 0.171 e. The Morgan fingerprint density at radius 2 is 1.18 bits per heavy atom. The molecule has 0 aliphatic rings. The van der Waals surface area contributed by atoms with Gasteiger partial charge in [-0.3, -0.25) is 0 Å². The van der Waals surface area contributed by atoms with E-state index in [2.05, 4.69) is 72.2 Å². The van der Waals surface area contributed by atoms with Crippen LogP contribution in [0.15, 0.2) is 132 Å². The number of benzene rings is 5. The molecule has 0 saturated carbocycles. The molecule has 0 saturated heterocycles. The number of hydrogen-bond donors (Lipinski definition) is 0. The van der Waals surface area contributed by atoms with Gasteiger partial charge in [0.2, 0.25) is 0 Å². The molecule has 0 N–H and O–H groups in total. The van der Waals surface area contributed by atoms with E-state index in [4.69, 9.17) is 0 Å². The molecule has 0 atom stereocenters. The number of unbranched alkanes of at least 4 members (excludes halogenated alkanes) is 1. The van der Waals surface area contributed by atoms with Gasteiger partial charge >= 0.3 is 0 Å². The lowest BCUT2D eigenvalue weighted by Gasteiger charge is -2.20. The first kappa shape index (κ1) is 24.8. The highest BCUT2D eigenvalue weighted by Crippen LogP contribution is 2.44. The number of fused-ring (bicyclic) bond motifs is 3. The SMILES string of the molecule is CCCCSc1ccc2c(c1)c1cc(P(=O)(c3ccccc3)c3ccccc3)ccc1n2-c1ccccc1. The van der Waals surface area contributed by atoms with Crippen molar-refractivity contribution in [3.8, 4) is 5.69 Å². The molecule has 2 nitrogen and oxygen atoms in total. The smallest absolute Gasteiger partial charge is 0.171 e. The van der Waals surface area contributed by atoms with Gasteiger partial charge in [0.1, 0.15) is 0 Å². The van der Waals surface area contributed by atoms with Crippen LogP contribution in [0, 0.1) is 0 Å². The fraction of sp³-hybridized carbons (Fsp3) is 0.118. The summed E-state index contributed by atoms with van der Waals surface area (Å²) in [6.07, 6.45) is 2.40. The molecule has 4 heteroatoms. The minimum Gasteiger partial charge on any atom is -0.309 e. The molecule has 0 amide bonds. The van der Waals surface area contributed by atoms with Crippen LogP contribution in [0.1, 0.15) is 19.8 Å². The second-order valence-electron chi connectivity index (χ2n) is 9.53. The van der Waals surface area contributed by atoms with Gasteiger partial charge in [0.15, 0.2) is 7.14 Å². The highest BCUT2D eigenvalue weighted by molar-refractivity contribution is 7.99. The van der Waals surface area contributed by atoms with Crippen LogP contribution in [0.3, 0.4) is 0 Å². The molecule has 6 rings (SSSR count). The summed E-state index contributed by atoms with van der Waals surface area (Å²) in [5.74, 6) is 1.11. The third-order valence-electron chi connectivity index (χ3n) is 7.10. The van der Waals surface area contributed by atoms with Crippen LogP contribution in [-0.4, -0.2) is 10.3 Å².